The molecule has 2 aromatic rings. The Morgan fingerprint density at radius 3 is 2.62 bits per heavy atom. The minimum Gasteiger partial charge on any atom is -0.481 e. The average Bonchev–Trinajstić information content (AvgIpc) is 2.75. The van der Waals surface area contributed by atoms with Gasteiger partial charge >= 0.3 is 5.97 Å². The number of benzene rings is 1. The molecule has 3 heteroatoms. The van der Waals surface area contributed by atoms with Gasteiger partial charge in [0.25, 0.3) is 0 Å². The van der Waals surface area contributed by atoms with Gasteiger partial charge in [-0.15, -0.1) is 0 Å². The van der Waals surface area contributed by atoms with Gasteiger partial charge in [-0.1, -0.05) is 31.5 Å². The molecule has 0 bridgehead atoms. The summed E-state index contributed by atoms with van der Waals surface area (Å²) in [4.78, 5) is 12.9. The highest BCUT2D eigenvalue weighted by atomic mass is 16.4. The van der Waals surface area contributed by atoms with Crippen molar-refractivity contribution in [3.63, 3.8) is 0 Å². The van der Waals surface area contributed by atoms with Gasteiger partial charge in [0.1, 0.15) is 0 Å². The van der Waals surface area contributed by atoms with Crippen molar-refractivity contribution in [3.8, 4) is 0 Å². The number of carboxylic acids is 1. The molecule has 0 spiro atoms. The molecule has 2 rings (SSSR count). The van der Waals surface area contributed by atoms with Crippen molar-refractivity contribution in [2.45, 2.75) is 26.2 Å². The molecular weight excluding hydrogens is 202 g/mol. The summed E-state index contributed by atoms with van der Waals surface area (Å²) in [5.74, 6) is -0.693. The molecule has 0 unspecified atom stereocenters. The van der Waals surface area contributed by atoms with Crippen molar-refractivity contribution in [1.29, 1.82) is 0 Å². The Morgan fingerprint density at radius 1 is 1.31 bits per heavy atom. The lowest BCUT2D eigenvalue weighted by molar-refractivity contribution is -0.137. The number of fused-ring (bicyclic) bond motifs is 1. The molecule has 0 aliphatic carbocycles. The highest BCUT2D eigenvalue weighted by Gasteiger charge is 1.90. The van der Waals surface area contributed by atoms with E-state index in [0.29, 0.717) is 6.42 Å². The highest BCUT2D eigenvalue weighted by Crippen LogP contribution is 2.09. The second kappa shape index (κ2) is 6.67. The Morgan fingerprint density at radius 2 is 2.06 bits per heavy atom. The zero-order valence-electron chi connectivity index (χ0n) is 9.44. The smallest absolute Gasteiger partial charge is 0.303 e. The van der Waals surface area contributed by atoms with Crippen LogP contribution in [0.5, 0.6) is 0 Å². The van der Waals surface area contributed by atoms with E-state index < -0.39 is 5.97 Å². The van der Waals surface area contributed by atoms with Crippen LogP contribution in [-0.4, -0.2) is 16.1 Å². The predicted octanol–water partition coefficient (Wildman–Crippen LogP) is 3.43. The molecule has 0 aliphatic heterocycles. The van der Waals surface area contributed by atoms with Gasteiger partial charge in [-0.2, -0.15) is 0 Å². The Hall–Kier alpha value is -1.77. The van der Waals surface area contributed by atoms with Crippen LogP contribution in [-0.2, 0) is 4.79 Å². The number of hydrogen-bond donors (Lipinski definition) is 2. The topological polar surface area (TPSA) is 53.1 Å². The lowest BCUT2D eigenvalue weighted by atomic mass is 10.3. The van der Waals surface area contributed by atoms with Gasteiger partial charge in [0.2, 0.25) is 0 Å². The van der Waals surface area contributed by atoms with Crippen LogP contribution < -0.4 is 0 Å². The third-order valence-corrected chi connectivity index (χ3v) is 2.21. The number of aliphatic carboxylic acids is 1. The van der Waals surface area contributed by atoms with E-state index in [1.54, 1.807) is 0 Å². The summed E-state index contributed by atoms with van der Waals surface area (Å²) < 4.78 is 0. The second-order valence-electron chi connectivity index (χ2n) is 3.56. The van der Waals surface area contributed by atoms with Crippen molar-refractivity contribution in [1.82, 2.24) is 4.98 Å². The first-order valence-electron chi connectivity index (χ1n) is 5.48. The molecule has 0 fully saturated rings. The summed E-state index contributed by atoms with van der Waals surface area (Å²) >= 11 is 0. The molecule has 1 aromatic heterocycles. The third-order valence-electron chi connectivity index (χ3n) is 2.21. The number of carbonyl (C=O) groups is 1. The summed E-state index contributed by atoms with van der Waals surface area (Å²) in [7, 11) is 0. The van der Waals surface area contributed by atoms with E-state index in [0.717, 1.165) is 12.8 Å². The van der Waals surface area contributed by atoms with Crippen molar-refractivity contribution < 1.29 is 9.90 Å². The zero-order chi connectivity index (χ0) is 11.8. The lowest BCUT2D eigenvalue weighted by Gasteiger charge is -1.85. The maximum absolute atomic E-state index is 9.76. The minimum atomic E-state index is -0.693. The summed E-state index contributed by atoms with van der Waals surface area (Å²) in [6.45, 7) is 1.98. The number of unbranched alkanes of at least 4 members (excludes halogenated alkanes) is 1. The van der Waals surface area contributed by atoms with Crippen LogP contribution in [0.1, 0.15) is 26.2 Å². The molecule has 3 nitrogen and oxygen atoms in total. The van der Waals surface area contributed by atoms with Crippen molar-refractivity contribution >= 4 is 16.9 Å². The second-order valence-corrected chi connectivity index (χ2v) is 3.56. The molecule has 0 saturated carbocycles. The van der Waals surface area contributed by atoms with E-state index in [4.69, 9.17) is 5.11 Å². The number of hydrogen-bond acceptors (Lipinski definition) is 1. The maximum Gasteiger partial charge on any atom is 0.303 e. The SMILES string of the molecule is CCCCC(=O)O.c1ccc2[nH]ccc2c1. The average molecular weight is 219 g/mol. The van der Waals surface area contributed by atoms with Gasteiger partial charge in [-0.25, -0.2) is 0 Å². The standard InChI is InChI=1S/C8H7N.C5H10O2/c1-2-4-8-7(3-1)5-6-9-8;1-2-3-4-5(6)7/h1-6,9H;2-4H2,1H3,(H,6,7). The van der Waals surface area contributed by atoms with Gasteiger partial charge in [0.05, 0.1) is 0 Å². The number of carboxylic acid groups (broad SMARTS) is 1. The summed E-state index contributed by atoms with van der Waals surface area (Å²) in [6, 6.07) is 10.3. The molecule has 2 N–H and O–H groups in total. The van der Waals surface area contributed by atoms with Crippen LogP contribution >= 0.6 is 0 Å². The molecule has 16 heavy (non-hydrogen) atoms. The Bertz CT molecular complexity index is 404. The lowest BCUT2D eigenvalue weighted by Crippen LogP contribution is -1.91. The number of para-hydroxylation sites is 1. The largest absolute Gasteiger partial charge is 0.481 e. The van der Waals surface area contributed by atoms with Gasteiger partial charge in [-0.3, -0.25) is 4.79 Å². The van der Waals surface area contributed by atoms with Gasteiger partial charge in [-0.05, 0) is 23.9 Å². The Balaban J connectivity index is 0.000000168. The number of aromatic amines is 1. The van der Waals surface area contributed by atoms with Gasteiger partial charge < -0.3 is 10.1 Å². The van der Waals surface area contributed by atoms with E-state index in [1.165, 1.54) is 10.9 Å². The Kier molecular flexibility index (Phi) is 5.12. The molecular formula is C13H17NO2. The van der Waals surface area contributed by atoms with E-state index in [9.17, 15) is 4.79 Å². The zero-order valence-corrected chi connectivity index (χ0v) is 9.44. The van der Waals surface area contributed by atoms with Crippen LogP contribution in [0.2, 0.25) is 0 Å². The van der Waals surface area contributed by atoms with Crippen LogP contribution in [0, 0.1) is 0 Å². The molecule has 0 radical (unpaired) electrons. The fourth-order valence-corrected chi connectivity index (χ4v) is 1.32. The van der Waals surface area contributed by atoms with Crippen LogP contribution in [0.25, 0.3) is 10.9 Å². The number of rotatable bonds is 3. The first-order chi connectivity index (χ1) is 7.74. The summed E-state index contributed by atoms with van der Waals surface area (Å²) in [6.07, 6.45) is 4.03. The third kappa shape index (κ3) is 4.17. The molecule has 86 valence electrons. The molecule has 1 heterocycles. The fraction of sp³-hybridized carbons (Fsp3) is 0.308. The van der Waals surface area contributed by atoms with E-state index >= 15 is 0 Å². The van der Waals surface area contributed by atoms with E-state index in [1.807, 2.05) is 25.3 Å². The van der Waals surface area contributed by atoms with E-state index in [-0.39, 0.29) is 0 Å². The van der Waals surface area contributed by atoms with Crippen molar-refractivity contribution in [3.05, 3.63) is 36.5 Å². The normalized spacial score (nSPS) is 9.56. The number of aromatic nitrogens is 1. The Labute approximate surface area is 95.1 Å². The molecule has 0 saturated heterocycles. The maximum atomic E-state index is 9.76. The first-order valence-corrected chi connectivity index (χ1v) is 5.48. The van der Waals surface area contributed by atoms with E-state index in [2.05, 4.69) is 23.2 Å². The van der Waals surface area contributed by atoms with Crippen LogP contribution in [0.15, 0.2) is 36.5 Å². The minimum absolute atomic E-state index is 0.316. The monoisotopic (exact) mass is 219 g/mol. The molecule has 1 aromatic carbocycles. The predicted molar refractivity (Wildman–Crippen MR) is 65.5 cm³/mol. The molecule has 0 atom stereocenters. The summed E-state index contributed by atoms with van der Waals surface area (Å²) in [5.41, 5.74) is 1.21. The molecule has 0 amide bonds. The first kappa shape index (κ1) is 12.3. The summed E-state index contributed by atoms with van der Waals surface area (Å²) in [5, 5.41) is 9.32. The van der Waals surface area contributed by atoms with Gasteiger partial charge in [0, 0.05) is 18.1 Å². The molecule has 0 aliphatic rings. The van der Waals surface area contributed by atoms with Crippen LogP contribution in [0.4, 0.5) is 0 Å². The highest BCUT2D eigenvalue weighted by molar-refractivity contribution is 5.78. The quantitative estimate of drug-likeness (QED) is 0.830. The van der Waals surface area contributed by atoms with Crippen molar-refractivity contribution in [2.75, 3.05) is 0 Å². The number of H-pyrrole nitrogens is 1. The van der Waals surface area contributed by atoms with Gasteiger partial charge in [0.15, 0.2) is 0 Å². The van der Waals surface area contributed by atoms with Crippen molar-refractivity contribution in [2.24, 2.45) is 0 Å². The fourth-order valence-electron chi connectivity index (χ4n) is 1.32. The number of nitrogens with one attached hydrogen (secondary N) is 1. The van der Waals surface area contributed by atoms with Crippen LogP contribution in [0.3, 0.4) is 0 Å².